The summed E-state index contributed by atoms with van der Waals surface area (Å²) in [6.45, 7) is 4.41. The molecule has 1 saturated heterocycles. The van der Waals surface area contributed by atoms with E-state index in [1.54, 1.807) is 7.05 Å². The minimum atomic E-state index is -0.195. The smallest absolute Gasteiger partial charge is 0.310 e. The SMILES string of the molecule is CN=C(NCC(C)C(=O)OC)N1CCC(Cc2ccccc2)CC1. The first-order chi connectivity index (χ1) is 11.6. The van der Waals surface area contributed by atoms with E-state index in [9.17, 15) is 4.79 Å². The van der Waals surface area contributed by atoms with Crippen molar-refractivity contribution in [2.75, 3.05) is 33.8 Å². The molecular weight excluding hydrogens is 302 g/mol. The molecule has 5 nitrogen and oxygen atoms in total. The summed E-state index contributed by atoms with van der Waals surface area (Å²) in [6, 6.07) is 10.7. The summed E-state index contributed by atoms with van der Waals surface area (Å²) < 4.78 is 4.76. The molecule has 1 atom stereocenters. The van der Waals surface area contributed by atoms with Gasteiger partial charge in [0.05, 0.1) is 13.0 Å². The highest BCUT2D eigenvalue weighted by molar-refractivity contribution is 5.81. The predicted octanol–water partition coefficient (Wildman–Crippen LogP) is 2.33. The highest BCUT2D eigenvalue weighted by Gasteiger charge is 2.22. The molecule has 1 unspecified atom stereocenters. The molecule has 132 valence electrons. The van der Waals surface area contributed by atoms with Gasteiger partial charge >= 0.3 is 5.97 Å². The topological polar surface area (TPSA) is 53.9 Å². The molecule has 1 fully saturated rings. The number of benzene rings is 1. The van der Waals surface area contributed by atoms with Gasteiger partial charge in [0.25, 0.3) is 0 Å². The van der Waals surface area contributed by atoms with Crippen molar-refractivity contribution in [2.45, 2.75) is 26.2 Å². The molecule has 0 saturated carbocycles. The lowest BCUT2D eigenvalue weighted by Crippen LogP contribution is -2.47. The minimum absolute atomic E-state index is 0.178. The molecule has 1 N–H and O–H groups in total. The number of guanidine groups is 1. The van der Waals surface area contributed by atoms with Gasteiger partial charge in [-0.2, -0.15) is 0 Å². The number of nitrogens with zero attached hydrogens (tertiary/aromatic N) is 2. The van der Waals surface area contributed by atoms with Gasteiger partial charge in [-0.3, -0.25) is 9.79 Å². The lowest BCUT2D eigenvalue weighted by Gasteiger charge is -2.34. The van der Waals surface area contributed by atoms with Crippen LogP contribution in [0.15, 0.2) is 35.3 Å². The Morgan fingerprint density at radius 2 is 2.00 bits per heavy atom. The summed E-state index contributed by atoms with van der Waals surface area (Å²) in [4.78, 5) is 18.1. The molecule has 0 aromatic heterocycles. The van der Waals surface area contributed by atoms with Gasteiger partial charge in [-0.25, -0.2) is 0 Å². The van der Waals surface area contributed by atoms with Crippen LogP contribution in [0.4, 0.5) is 0 Å². The predicted molar refractivity (Wildman–Crippen MR) is 97.0 cm³/mol. The fraction of sp³-hybridized carbons (Fsp3) is 0.579. The fourth-order valence-electron chi connectivity index (χ4n) is 3.16. The van der Waals surface area contributed by atoms with Crippen molar-refractivity contribution in [3.8, 4) is 0 Å². The van der Waals surface area contributed by atoms with Crippen molar-refractivity contribution >= 4 is 11.9 Å². The van der Waals surface area contributed by atoms with Gasteiger partial charge in [-0.1, -0.05) is 37.3 Å². The fourth-order valence-corrected chi connectivity index (χ4v) is 3.16. The van der Waals surface area contributed by atoms with Gasteiger partial charge in [-0.05, 0) is 30.7 Å². The van der Waals surface area contributed by atoms with Crippen LogP contribution in [-0.2, 0) is 16.0 Å². The first-order valence-electron chi connectivity index (χ1n) is 8.71. The zero-order chi connectivity index (χ0) is 17.4. The number of likely N-dealkylation sites (tertiary alicyclic amines) is 1. The third kappa shape index (κ3) is 5.25. The molecule has 1 aromatic carbocycles. The summed E-state index contributed by atoms with van der Waals surface area (Å²) in [5.74, 6) is 1.24. The van der Waals surface area contributed by atoms with Crippen molar-refractivity contribution < 1.29 is 9.53 Å². The highest BCUT2D eigenvalue weighted by atomic mass is 16.5. The summed E-state index contributed by atoms with van der Waals surface area (Å²) in [5, 5.41) is 3.29. The molecule has 0 radical (unpaired) electrons. The molecule has 0 amide bonds. The van der Waals surface area contributed by atoms with Gasteiger partial charge in [-0.15, -0.1) is 0 Å². The Morgan fingerprint density at radius 3 is 2.58 bits per heavy atom. The Kier molecular flexibility index (Phi) is 7.09. The number of esters is 1. The lowest BCUT2D eigenvalue weighted by atomic mass is 9.90. The largest absolute Gasteiger partial charge is 0.469 e. The van der Waals surface area contributed by atoms with Crippen molar-refractivity contribution in [2.24, 2.45) is 16.8 Å². The second-order valence-corrected chi connectivity index (χ2v) is 6.47. The van der Waals surface area contributed by atoms with E-state index in [0.717, 1.165) is 31.4 Å². The van der Waals surface area contributed by atoms with Gasteiger partial charge in [0, 0.05) is 26.7 Å². The molecule has 24 heavy (non-hydrogen) atoms. The summed E-state index contributed by atoms with van der Waals surface area (Å²) in [6.07, 6.45) is 3.49. The van der Waals surface area contributed by atoms with Crippen LogP contribution in [0.2, 0.25) is 0 Å². The van der Waals surface area contributed by atoms with Crippen LogP contribution in [0.3, 0.4) is 0 Å². The van der Waals surface area contributed by atoms with Crippen molar-refractivity contribution in [1.29, 1.82) is 0 Å². The van der Waals surface area contributed by atoms with Crippen LogP contribution in [0.5, 0.6) is 0 Å². The number of nitrogens with one attached hydrogen (secondary N) is 1. The Labute approximate surface area is 145 Å². The van der Waals surface area contributed by atoms with Crippen molar-refractivity contribution in [1.82, 2.24) is 10.2 Å². The van der Waals surface area contributed by atoms with Crippen LogP contribution >= 0.6 is 0 Å². The van der Waals surface area contributed by atoms with Crippen LogP contribution in [0.1, 0.15) is 25.3 Å². The van der Waals surface area contributed by atoms with E-state index < -0.39 is 0 Å². The Morgan fingerprint density at radius 1 is 1.33 bits per heavy atom. The number of ether oxygens (including phenoxy) is 1. The van der Waals surface area contributed by atoms with Gasteiger partial charge in [0.15, 0.2) is 5.96 Å². The van der Waals surface area contributed by atoms with E-state index >= 15 is 0 Å². The maximum atomic E-state index is 11.5. The number of methoxy groups -OCH3 is 1. The van der Waals surface area contributed by atoms with E-state index in [0.29, 0.717) is 6.54 Å². The number of rotatable bonds is 5. The molecule has 2 rings (SSSR count). The van der Waals surface area contributed by atoms with Gasteiger partial charge in [0.1, 0.15) is 0 Å². The van der Waals surface area contributed by atoms with E-state index in [2.05, 4.69) is 45.5 Å². The number of hydrogen-bond donors (Lipinski definition) is 1. The second kappa shape index (κ2) is 9.30. The number of aliphatic imine (C=N–C) groups is 1. The van der Waals surface area contributed by atoms with Crippen molar-refractivity contribution in [3.63, 3.8) is 0 Å². The first kappa shape index (κ1) is 18.3. The normalized spacial score (nSPS) is 17.5. The van der Waals surface area contributed by atoms with Gasteiger partial charge in [0.2, 0.25) is 0 Å². The molecule has 0 bridgehead atoms. The molecule has 0 aliphatic carbocycles. The van der Waals surface area contributed by atoms with E-state index in [1.165, 1.54) is 25.5 Å². The Balaban J connectivity index is 1.78. The minimum Gasteiger partial charge on any atom is -0.469 e. The third-order valence-electron chi connectivity index (χ3n) is 4.66. The highest BCUT2D eigenvalue weighted by Crippen LogP contribution is 2.21. The number of piperidine rings is 1. The van der Waals surface area contributed by atoms with Crippen LogP contribution in [0, 0.1) is 11.8 Å². The van der Waals surface area contributed by atoms with E-state index in [1.807, 2.05) is 6.92 Å². The quantitative estimate of drug-likeness (QED) is 0.511. The lowest BCUT2D eigenvalue weighted by molar-refractivity contribution is -0.144. The second-order valence-electron chi connectivity index (χ2n) is 6.47. The molecule has 1 heterocycles. The van der Waals surface area contributed by atoms with Crippen LogP contribution < -0.4 is 5.32 Å². The summed E-state index contributed by atoms with van der Waals surface area (Å²) >= 11 is 0. The molecule has 1 aromatic rings. The monoisotopic (exact) mass is 331 g/mol. The molecule has 1 aliphatic heterocycles. The Bertz CT molecular complexity index is 537. The van der Waals surface area contributed by atoms with E-state index in [4.69, 9.17) is 4.74 Å². The molecule has 5 heteroatoms. The van der Waals surface area contributed by atoms with Crippen LogP contribution in [-0.4, -0.2) is 50.6 Å². The van der Waals surface area contributed by atoms with Crippen LogP contribution in [0.25, 0.3) is 0 Å². The number of hydrogen-bond acceptors (Lipinski definition) is 3. The maximum Gasteiger partial charge on any atom is 0.310 e. The average Bonchev–Trinajstić information content (AvgIpc) is 2.63. The number of carbonyl (C=O) groups is 1. The third-order valence-corrected chi connectivity index (χ3v) is 4.66. The summed E-state index contributed by atoms with van der Waals surface area (Å²) in [7, 11) is 3.21. The Hall–Kier alpha value is -2.04. The molecular formula is C19H29N3O2. The average molecular weight is 331 g/mol. The van der Waals surface area contributed by atoms with E-state index in [-0.39, 0.29) is 11.9 Å². The molecule has 0 spiro atoms. The summed E-state index contributed by atoms with van der Waals surface area (Å²) in [5.41, 5.74) is 1.42. The standard InChI is InChI=1S/C19H29N3O2/c1-15(18(23)24-3)14-21-19(20-2)22-11-9-17(10-12-22)13-16-7-5-4-6-8-16/h4-8,15,17H,9-14H2,1-3H3,(H,20,21). The van der Waals surface area contributed by atoms with Gasteiger partial charge < -0.3 is 15.0 Å². The zero-order valence-corrected chi connectivity index (χ0v) is 15.0. The first-order valence-corrected chi connectivity index (χ1v) is 8.71. The zero-order valence-electron chi connectivity index (χ0n) is 15.0. The van der Waals surface area contributed by atoms with Crippen molar-refractivity contribution in [3.05, 3.63) is 35.9 Å². The molecule has 1 aliphatic rings. The number of carbonyl (C=O) groups excluding carboxylic acids is 1. The maximum absolute atomic E-state index is 11.5.